The van der Waals surface area contributed by atoms with E-state index in [1.165, 1.54) is 135 Å². The number of rotatable bonds is 36. The molecule has 3 atom stereocenters. The van der Waals surface area contributed by atoms with Crippen molar-refractivity contribution in [1.82, 2.24) is 5.32 Å². The van der Waals surface area contributed by atoms with E-state index in [4.69, 9.17) is 0 Å². The molecule has 0 saturated carbocycles. The Hall–Kier alpha value is -1.43. The molecular formula is C42H79NO4. The van der Waals surface area contributed by atoms with Crippen molar-refractivity contribution in [3.05, 3.63) is 36.5 Å². The summed E-state index contributed by atoms with van der Waals surface area (Å²) < 4.78 is 0. The zero-order valence-corrected chi connectivity index (χ0v) is 31.2. The Kier molecular flexibility index (Phi) is 36.3. The van der Waals surface area contributed by atoms with E-state index < -0.39 is 24.2 Å². The summed E-state index contributed by atoms with van der Waals surface area (Å²) in [6.45, 7) is 4.13. The topological polar surface area (TPSA) is 89.8 Å². The largest absolute Gasteiger partial charge is 0.394 e. The molecule has 0 aromatic rings. The molecule has 5 heteroatoms. The van der Waals surface area contributed by atoms with Crippen molar-refractivity contribution < 1.29 is 20.1 Å². The van der Waals surface area contributed by atoms with Gasteiger partial charge in [-0.05, 0) is 44.9 Å². The van der Waals surface area contributed by atoms with Gasteiger partial charge in [0.25, 0.3) is 0 Å². The maximum absolute atomic E-state index is 12.3. The molecule has 47 heavy (non-hydrogen) atoms. The van der Waals surface area contributed by atoms with Gasteiger partial charge in [0.2, 0.25) is 5.91 Å². The fraction of sp³-hybridized carbons (Fsp3) is 0.833. The van der Waals surface area contributed by atoms with Crippen LogP contribution in [0, 0.1) is 0 Å². The van der Waals surface area contributed by atoms with E-state index in [-0.39, 0.29) is 6.61 Å². The predicted octanol–water partition coefficient (Wildman–Crippen LogP) is 11.2. The molecule has 0 fully saturated rings. The van der Waals surface area contributed by atoms with Gasteiger partial charge in [-0.15, -0.1) is 0 Å². The zero-order chi connectivity index (χ0) is 34.5. The molecule has 0 radical (unpaired) electrons. The molecule has 276 valence electrons. The fourth-order valence-electron chi connectivity index (χ4n) is 5.98. The van der Waals surface area contributed by atoms with Crippen LogP contribution in [0.15, 0.2) is 36.5 Å². The Labute approximate surface area is 292 Å². The average Bonchev–Trinajstić information content (AvgIpc) is 3.07. The molecular weight excluding hydrogens is 582 g/mol. The van der Waals surface area contributed by atoms with E-state index in [1.54, 1.807) is 6.08 Å². The SMILES string of the molecule is CCCCCCCCCCCCCCCC/C=C/CC/C=C/CC/C=C/C(O)C(CO)NC(=O)C(O)CCCCCCCCCCC. The van der Waals surface area contributed by atoms with E-state index in [2.05, 4.69) is 43.5 Å². The lowest BCUT2D eigenvalue weighted by atomic mass is 10.0. The highest BCUT2D eigenvalue weighted by atomic mass is 16.3. The maximum atomic E-state index is 12.3. The molecule has 0 spiro atoms. The van der Waals surface area contributed by atoms with Crippen LogP contribution in [-0.2, 0) is 4.79 Å². The van der Waals surface area contributed by atoms with Crippen LogP contribution >= 0.6 is 0 Å². The highest BCUT2D eigenvalue weighted by molar-refractivity contribution is 5.80. The third kappa shape index (κ3) is 32.9. The highest BCUT2D eigenvalue weighted by Crippen LogP contribution is 2.14. The Morgan fingerprint density at radius 1 is 0.511 bits per heavy atom. The average molecular weight is 662 g/mol. The molecule has 0 bridgehead atoms. The van der Waals surface area contributed by atoms with Gasteiger partial charge in [-0.25, -0.2) is 0 Å². The quantitative estimate of drug-likeness (QED) is 0.0397. The number of amides is 1. The number of aliphatic hydroxyl groups is 3. The Balaban J connectivity index is 3.72. The van der Waals surface area contributed by atoms with Gasteiger partial charge >= 0.3 is 0 Å². The number of hydrogen-bond acceptors (Lipinski definition) is 4. The minimum Gasteiger partial charge on any atom is -0.394 e. The zero-order valence-electron chi connectivity index (χ0n) is 31.2. The number of nitrogens with one attached hydrogen (secondary N) is 1. The van der Waals surface area contributed by atoms with E-state index in [9.17, 15) is 20.1 Å². The first-order valence-electron chi connectivity index (χ1n) is 20.3. The lowest BCUT2D eigenvalue weighted by Gasteiger charge is -2.21. The van der Waals surface area contributed by atoms with Crippen LogP contribution < -0.4 is 5.32 Å². The minimum atomic E-state index is -1.10. The van der Waals surface area contributed by atoms with Crippen molar-refractivity contribution in [3.8, 4) is 0 Å². The molecule has 0 aromatic heterocycles. The number of carbonyl (C=O) groups excluding carboxylic acids is 1. The first-order chi connectivity index (χ1) is 23.1. The molecule has 3 unspecified atom stereocenters. The second-order valence-corrected chi connectivity index (χ2v) is 13.8. The Bertz CT molecular complexity index is 734. The van der Waals surface area contributed by atoms with E-state index in [0.717, 1.165) is 44.9 Å². The summed E-state index contributed by atoms with van der Waals surface area (Å²) in [5, 5.41) is 32.9. The van der Waals surface area contributed by atoms with Crippen LogP contribution in [0.4, 0.5) is 0 Å². The summed E-state index contributed by atoms with van der Waals surface area (Å²) in [5.41, 5.74) is 0. The number of carbonyl (C=O) groups is 1. The van der Waals surface area contributed by atoms with E-state index in [0.29, 0.717) is 6.42 Å². The standard InChI is InChI=1S/C42H79NO4/c1-3-5-7-9-11-13-14-15-16-17-18-19-20-21-22-23-24-25-26-27-29-30-32-34-36-40(45)39(38-44)43-42(47)41(46)37-35-33-31-28-12-10-8-6-4-2/h23-24,27,29,34,36,39-41,44-46H,3-22,25-26,28,30-33,35,37-38H2,1-2H3,(H,43,47)/b24-23+,29-27+,36-34+. The molecule has 5 nitrogen and oxygen atoms in total. The molecule has 4 N–H and O–H groups in total. The van der Waals surface area contributed by atoms with Gasteiger partial charge in [-0.3, -0.25) is 4.79 Å². The molecule has 0 aliphatic carbocycles. The third-order valence-corrected chi connectivity index (χ3v) is 9.21. The highest BCUT2D eigenvalue weighted by Gasteiger charge is 2.22. The maximum Gasteiger partial charge on any atom is 0.249 e. The summed E-state index contributed by atoms with van der Waals surface area (Å²) in [6, 6.07) is -0.816. The molecule has 0 saturated heterocycles. The predicted molar refractivity (Wildman–Crippen MR) is 204 cm³/mol. The van der Waals surface area contributed by atoms with Gasteiger partial charge in [-0.1, -0.05) is 192 Å². The van der Waals surface area contributed by atoms with Crippen molar-refractivity contribution in [2.75, 3.05) is 6.61 Å². The number of allylic oxidation sites excluding steroid dienone is 5. The van der Waals surface area contributed by atoms with Crippen molar-refractivity contribution in [1.29, 1.82) is 0 Å². The molecule has 1 amide bonds. The van der Waals surface area contributed by atoms with Crippen molar-refractivity contribution in [2.24, 2.45) is 0 Å². The van der Waals surface area contributed by atoms with Gasteiger partial charge < -0.3 is 20.6 Å². The number of aliphatic hydroxyl groups excluding tert-OH is 3. The van der Waals surface area contributed by atoms with Crippen molar-refractivity contribution in [2.45, 2.75) is 218 Å². The van der Waals surface area contributed by atoms with Gasteiger partial charge in [0, 0.05) is 0 Å². The summed E-state index contributed by atoms with van der Waals surface area (Å²) in [5.74, 6) is -0.521. The number of hydrogen-bond donors (Lipinski definition) is 4. The first-order valence-corrected chi connectivity index (χ1v) is 20.3. The Morgan fingerprint density at radius 2 is 0.872 bits per heavy atom. The summed E-state index contributed by atoms with van der Waals surface area (Å²) in [7, 11) is 0. The van der Waals surface area contributed by atoms with Crippen LogP contribution in [0.2, 0.25) is 0 Å². The van der Waals surface area contributed by atoms with Crippen LogP contribution in [0.3, 0.4) is 0 Å². The monoisotopic (exact) mass is 662 g/mol. The van der Waals surface area contributed by atoms with Crippen LogP contribution in [-0.4, -0.2) is 46.1 Å². The fourth-order valence-corrected chi connectivity index (χ4v) is 5.98. The number of unbranched alkanes of at least 4 members (excludes halogenated alkanes) is 24. The molecule has 0 heterocycles. The van der Waals surface area contributed by atoms with Gasteiger partial charge in [0.05, 0.1) is 18.8 Å². The minimum absolute atomic E-state index is 0.380. The third-order valence-electron chi connectivity index (χ3n) is 9.21. The second kappa shape index (κ2) is 37.4. The van der Waals surface area contributed by atoms with Crippen LogP contribution in [0.1, 0.15) is 200 Å². The van der Waals surface area contributed by atoms with E-state index in [1.807, 2.05) is 6.08 Å². The van der Waals surface area contributed by atoms with Crippen molar-refractivity contribution in [3.63, 3.8) is 0 Å². The Morgan fingerprint density at radius 3 is 1.30 bits per heavy atom. The van der Waals surface area contributed by atoms with Gasteiger partial charge in [0.15, 0.2) is 0 Å². The normalized spacial score (nSPS) is 14.1. The summed E-state index contributed by atoms with van der Waals surface area (Å²) in [6.07, 6.45) is 46.2. The lowest BCUT2D eigenvalue weighted by Crippen LogP contribution is -2.48. The van der Waals surface area contributed by atoms with Crippen LogP contribution in [0.5, 0.6) is 0 Å². The molecule has 0 rings (SSSR count). The lowest BCUT2D eigenvalue weighted by molar-refractivity contribution is -0.131. The summed E-state index contributed by atoms with van der Waals surface area (Å²) in [4.78, 5) is 12.3. The van der Waals surface area contributed by atoms with E-state index >= 15 is 0 Å². The molecule has 0 aromatic carbocycles. The smallest absolute Gasteiger partial charge is 0.249 e. The molecule has 0 aliphatic heterocycles. The van der Waals surface area contributed by atoms with Gasteiger partial charge in [0.1, 0.15) is 6.10 Å². The summed E-state index contributed by atoms with van der Waals surface area (Å²) >= 11 is 0. The molecule has 0 aliphatic rings. The van der Waals surface area contributed by atoms with Crippen molar-refractivity contribution >= 4 is 5.91 Å². The van der Waals surface area contributed by atoms with Crippen LogP contribution in [0.25, 0.3) is 0 Å². The second-order valence-electron chi connectivity index (χ2n) is 13.8. The first kappa shape index (κ1) is 45.6. The van der Waals surface area contributed by atoms with Gasteiger partial charge in [-0.2, -0.15) is 0 Å².